The van der Waals surface area contributed by atoms with E-state index in [1.165, 1.54) is 11.1 Å². The molecular weight excluding hydrogens is 410 g/mol. The van der Waals surface area contributed by atoms with Gasteiger partial charge in [0.15, 0.2) is 5.54 Å². The molecule has 0 radical (unpaired) electrons. The molecule has 0 spiro atoms. The van der Waals surface area contributed by atoms with Crippen molar-refractivity contribution in [1.29, 1.82) is 0 Å². The summed E-state index contributed by atoms with van der Waals surface area (Å²) in [6.07, 6.45) is 3.16. The molecule has 3 aromatic rings. The number of imide groups is 1. The Morgan fingerprint density at radius 2 is 1.88 bits per heavy atom. The fourth-order valence-corrected chi connectivity index (χ4v) is 5.06. The molecule has 3 heterocycles. The Morgan fingerprint density at radius 1 is 1.06 bits per heavy atom. The number of aryl methyl sites for hydroxylation is 2. The van der Waals surface area contributed by atoms with Crippen LogP contribution in [0.4, 0.5) is 4.79 Å². The minimum absolute atomic E-state index is 0.0417. The Hall–Kier alpha value is -3.81. The van der Waals surface area contributed by atoms with Crippen LogP contribution < -0.4 is 15.4 Å². The summed E-state index contributed by atoms with van der Waals surface area (Å²) < 4.78 is 11.4. The molecule has 1 saturated heterocycles. The van der Waals surface area contributed by atoms with Crippen molar-refractivity contribution in [2.45, 2.75) is 31.3 Å². The molecular formula is C24H21N3O5. The number of urea groups is 1. The second-order valence-electron chi connectivity index (χ2n) is 8.62. The summed E-state index contributed by atoms with van der Waals surface area (Å²) in [4.78, 5) is 39.9. The second kappa shape index (κ2) is 6.59. The summed E-state index contributed by atoms with van der Waals surface area (Å²) in [7, 11) is 1.55. The first-order valence-corrected chi connectivity index (χ1v) is 10.6. The van der Waals surface area contributed by atoms with Crippen molar-refractivity contribution in [3.63, 3.8) is 0 Å². The Balaban J connectivity index is 1.40. The molecule has 3 aliphatic rings. The first kappa shape index (κ1) is 18.9. The molecule has 1 aliphatic carbocycles. The lowest BCUT2D eigenvalue weighted by Crippen LogP contribution is -2.52. The molecule has 1 fully saturated rings. The van der Waals surface area contributed by atoms with Gasteiger partial charge >= 0.3 is 6.03 Å². The summed E-state index contributed by atoms with van der Waals surface area (Å²) in [6.45, 7) is 0.289. The highest BCUT2D eigenvalue weighted by Crippen LogP contribution is 2.36. The van der Waals surface area contributed by atoms with Crippen LogP contribution in [0.1, 0.15) is 39.2 Å². The quantitative estimate of drug-likeness (QED) is 0.619. The highest BCUT2D eigenvalue weighted by Gasteiger charge is 2.53. The van der Waals surface area contributed by atoms with E-state index in [2.05, 4.69) is 16.7 Å². The van der Waals surface area contributed by atoms with Crippen molar-refractivity contribution in [3.05, 3.63) is 64.4 Å². The van der Waals surface area contributed by atoms with E-state index >= 15 is 0 Å². The Morgan fingerprint density at radius 3 is 2.62 bits per heavy atom. The summed E-state index contributed by atoms with van der Waals surface area (Å²) in [6, 6.07) is 10.6. The van der Waals surface area contributed by atoms with Crippen molar-refractivity contribution in [2.24, 2.45) is 0 Å². The van der Waals surface area contributed by atoms with Crippen LogP contribution in [0.2, 0.25) is 0 Å². The van der Waals surface area contributed by atoms with E-state index in [4.69, 9.17) is 9.15 Å². The lowest BCUT2D eigenvalue weighted by atomic mass is 9.95. The zero-order valence-corrected chi connectivity index (χ0v) is 17.5. The van der Waals surface area contributed by atoms with Crippen LogP contribution in [-0.4, -0.2) is 36.4 Å². The van der Waals surface area contributed by atoms with Gasteiger partial charge in [0.1, 0.15) is 17.1 Å². The normalized spacial score (nSPS) is 21.7. The van der Waals surface area contributed by atoms with E-state index < -0.39 is 17.5 Å². The number of carbonyl (C=O) groups excluding carboxylic acids is 3. The predicted molar refractivity (Wildman–Crippen MR) is 114 cm³/mol. The topological polar surface area (TPSA) is 101 Å². The molecule has 32 heavy (non-hydrogen) atoms. The number of nitrogens with zero attached hydrogens (tertiary/aromatic N) is 1. The minimum Gasteiger partial charge on any atom is -0.497 e. The van der Waals surface area contributed by atoms with Gasteiger partial charge in [-0.1, -0.05) is 6.07 Å². The zero-order valence-electron chi connectivity index (χ0n) is 17.5. The van der Waals surface area contributed by atoms with Crippen LogP contribution in [0.15, 0.2) is 40.8 Å². The SMILES string of the molecule is COc1ccc2c(c1)C(=O)N(CC1(c3cc4cc5c(cc4o3)CCC5)NC(=O)NC1=O)C2. The van der Waals surface area contributed by atoms with Crippen LogP contribution in [0.5, 0.6) is 5.75 Å². The lowest BCUT2D eigenvalue weighted by Gasteiger charge is -2.29. The van der Waals surface area contributed by atoms with Crippen molar-refractivity contribution < 1.29 is 23.5 Å². The lowest BCUT2D eigenvalue weighted by molar-refractivity contribution is -0.125. The number of fused-ring (bicyclic) bond motifs is 3. The van der Waals surface area contributed by atoms with Gasteiger partial charge in [0.2, 0.25) is 0 Å². The van der Waals surface area contributed by atoms with Crippen molar-refractivity contribution >= 4 is 28.8 Å². The van der Waals surface area contributed by atoms with Gasteiger partial charge in [-0.2, -0.15) is 0 Å². The number of hydrogen-bond donors (Lipinski definition) is 2. The third-order valence-corrected chi connectivity index (χ3v) is 6.72. The molecule has 8 heteroatoms. The van der Waals surface area contributed by atoms with Gasteiger partial charge in [-0.05, 0) is 66.3 Å². The van der Waals surface area contributed by atoms with E-state index in [1.807, 2.05) is 12.1 Å². The molecule has 4 amide bonds. The number of nitrogens with one attached hydrogen (secondary N) is 2. The molecule has 2 aliphatic heterocycles. The van der Waals surface area contributed by atoms with Gasteiger partial charge in [0.05, 0.1) is 13.7 Å². The molecule has 1 aromatic heterocycles. The Labute approximate surface area is 183 Å². The number of carbonyl (C=O) groups is 3. The Bertz CT molecular complexity index is 1290. The molecule has 162 valence electrons. The van der Waals surface area contributed by atoms with Gasteiger partial charge in [-0.25, -0.2) is 4.79 Å². The number of amides is 4. The van der Waals surface area contributed by atoms with Crippen molar-refractivity contribution in [1.82, 2.24) is 15.5 Å². The molecule has 2 N–H and O–H groups in total. The number of rotatable bonds is 4. The third kappa shape index (κ3) is 2.65. The highest BCUT2D eigenvalue weighted by molar-refractivity contribution is 6.08. The average molecular weight is 431 g/mol. The van der Waals surface area contributed by atoms with Gasteiger partial charge in [-0.3, -0.25) is 14.9 Å². The molecule has 0 bridgehead atoms. The van der Waals surface area contributed by atoms with E-state index in [9.17, 15) is 14.4 Å². The van der Waals surface area contributed by atoms with Crippen molar-refractivity contribution in [2.75, 3.05) is 13.7 Å². The smallest absolute Gasteiger partial charge is 0.322 e. The zero-order chi connectivity index (χ0) is 22.0. The molecule has 1 unspecified atom stereocenters. The van der Waals surface area contributed by atoms with E-state index in [0.29, 0.717) is 29.2 Å². The number of hydrogen-bond acceptors (Lipinski definition) is 5. The third-order valence-electron chi connectivity index (χ3n) is 6.72. The maximum absolute atomic E-state index is 13.1. The Kier molecular flexibility index (Phi) is 3.90. The van der Waals surface area contributed by atoms with Crippen LogP contribution >= 0.6 is 0 Å². The van der Waals surface area contributed by atoms with Crippen LogP contribution in [0.25, 0.3) is 11.0 Å². The van der Waals surface area contributed by atoms with E-state index in [-0.39, 0.29) is 12.5 Å². The molecule has 6 rings (SSSR count). The molecule has 2 aromatic carbocycles. The number of furan rings is 1. The average Bonchev–Trinajstić information content (AvgIpc) is 3.53. The standard InChI is InChI=1S/C24H21N3O5/c1-31-17-6-5-15-11-27(21(28)18(15)10-17)12-24(22(29)25-23(30)26-24)20-9-16-7-13-3-2-4-14(13)8-19(16)32-20/h5-10H,2-4,11-12H2,1H3,(H2,25,26,29,30). The number of methoxy groups -OCH3 is 1. The van der Waals surface area contributed by atoms with E-state index in [0.717, 1.165) is 30.2 Å². The number of ether oxygens (including phenoxy) is 1. The van der Waals surface area contributed by atoms with E-state index in [1.54, 1.807) is 30.2 Å². The molecule has 1 atom stereocenters. The summed E-state index contributed by atoms with van der Waals surface area (Å²) in [5.74, 6) is 0.157. The maximum atomic E-state index is 13.1. The second-order valence-corrected chi connectivity index (χ2v) is 8.62. The highest BCUT2D eigenvalue weighted by atomic mass is 16.5. The van der Waals surface area contributed by atoms with Gasteiger partial charge in [-0.15, -0.1) is 0 Å². The first-order chi connectivity index (χ1) is 15.5. The van der Waals surface area contributed by atoms with Gasteiger partial charge in [0.25, 0.3) is 11.8 Å². The fraction of sp³-hybridized carbons (Fsp3) is 0.292. The molecule has 0 saturated carbocycles. The minimum atomic E-state index is -1.50. The summed E-state index contributed by atoms with van der Waals surface area (Å²) in [5, 5.41) is 5.94. The van der Waals surface area contributed by atoms with Crippen LogP contribution in [0, 0.1) is 0 Å². The van der Waals surface area contributed by atoms with Gasteiger partial charge < -0.3 is 19.4 Å². The monoisotopic (exact) mass is 431 g/mol. The fourth-order valence-electron chi connectivity index (χ4n) is 5.06. The summed E-state index contributed by atoms with van der Waals surface area (Å²) >= 11 is 0. The first-order valence-electron chi connectivity index (χ1n) is 10.6. The maximum Gasteiger partial charge on any atom is 0.322 e. The van der Waals surface area contributed by atoms with Gasteiger partial charge in [0, 0.05) is 17.5 Å². The predicted octanol–water partition coefficient (Wildman–Crippen LogP) is 2.62. The van der Waals surface area contributed by atoms with Crippen LogP contribution in [-0.2, 0) is 29.7 Å². The molecule has 8 nitrogen and oxygen atoms in total. The van der Waals surface area contributed by atoms with Crippen LogP contribution in [0.3, 0.4) is 0 Å². The summed E-state index contributed by atoms with van der Waals surface area (Å²) in [5.41, 5.74) is 3.10. The number of benzene rings is 2. The van der Waals surface area contributed by atoms with Crippen molar-refractivity contribution in [3.8, 4) is 5.75 Å². The largest absolute Gasteiger partial charge is 0.497 e.